The van der Waals surface area contributed by atoms with Crippen molar-refractivity contribution in [2.24, 2.45) is 5.92 Å². The van der Waals surface area contributed by atoms with Crippen molar-refractivity contribution in [1.82, 2.24) is 15.2 Å². The van der Waals surface area contributed by atoms with Crippen LogP contribution in [0.25, 0.3) is 0 Å². The Bertz CT molecular complexity index is 741. The summed E-state index contributed by atoms with van der Waals surface area (Å²) in [5.41, 5.74) is 4.21. The predicted molar refractivity (Wildman–Crippen MR) is 109 cm³/mol. The zero-order valence-corrected chi connectivity index (χ0v) is 16.9. The maximum absolute atomic E-state index is 12.9. The van der Waals surface area contributed by atoms with E-state index in [9.17, 15) is 4.79 Å². The van der Waals surface area contributed by atoms with Crippen molar-refractivity contribution in [3.63, 3.8) is 0 Å². The summed E-state index contributed by atoms with van der Waals surface area (Å²) in [5, 5.41) is 6.63. The molecular formula is C21H30ClN3O. The lowest BCUT2D eigenvalue weighted by Gasteiger charge is -2.30. The quantitative estimate of drug-likeness (QED) is 0.852. The summed E-state index contributed by atoms with van der Waals surface area (Å²) < 4.78 is 2.26. The number of hydrogen-bond acceptors (Lipinski definition) is 2. The number of nitrogens with zero attached hydrogens (tertiary/aromatic N) is 1. The number of carbonyl (C=O) groups is 1. The Hall–Kier alpha value is -1.78. The zero-order valence-electron chi connectivity index (χ0n) is 16.1. The van der Waals surface area contributed by atoms with E-state index in [2.05, 4.69) is 60.2 Å². The average Bonchev–Trinajstić information content (AvgIpc) is 2.91. The van der Waals surface area contributed by atoms with Crippen LogP contribution < -0.4 is 10.6 Å². The van der Waals surface area contributed by atoms with Crippen molar-refractivity contribution in [1.29, 1.82) is 0 Å². The highest BCUT2D eigenvalue weighted by Crippen LogP contribution is 2.25. The van der Waals surface area contributed by atoms with E-state index in [1.807, 2.05) is 19.1 Å². The fraction of sp³-hybridized carbons (Fsp3) is 0.476. The molecule has 3 unspecified atom stereocenters. The van der Waals surface area contributed by atoms with Crippen molar-refractivity contribution in [2.45, 2.75) is 46.2 Å². The van der Waals surface area contributed by atoms with E-state index in [1.165, 1.54) is 5.56 Å². The van der Waals surface area contributed by atoms with Gasteiger partial charge in [0.1, 0.15) is 0 Å². The molecule has 0 saturated carbocycles. The van der Waals surface area contributed by atoms with Crippen LogP contribution in [0, 0.1) is 19.8 Å². The van der Waals surface area contributed by atoms with Gasteiger partial charge in [0.15, 0.2) is 0 Å². The second-order valence-corrected chi connectivity index (χ2v) is 7.29. The SMILES string of the molecule is Cc1cc(C(=O)NC2CCNCC2C)c(C)n1C(C)c1ccccc1.Cl. The minimum Gasteiger partial charge on any atom is -0.349 e. The molecule has 1 fully saturated rings. The minimum atomic E-state index is 0. The van der Waals surface area contributed by atoms with Gasteiger partial charge in [0.25, 0.3) is 5.91 Å². The first-order chi connectivity index (χ1) is 12.0. The number of hydrogen-bond donors (Lipinski definition) is 2. The van der Waals surface area contributed by atoms with Gasteiger partial charge in [0.2, 0.25) is 0 Å². The van der Waals surface area contributed by atoms with Gasteiger partial charge in [0, 0.05) is 17.4 Å². The van der Waals surface area contributed by atoms with Crippen LogP contribution in [0.3, 0.4) is 0 Å². The Morgan fingerprint density at radius 3 is 2.62 bits per heavy atom. The van der Waals surface area contributed by atoms with Crippen molar-refractivity contribution in [3.8, 4) is 0 Å². The van der Waals surface area contributed by atoms with E-state index in [0.29, 0.717) is 5.92 Å². The number of benzene rings is 1. The van der Waals surface area contributed by atoms with Gasteiger partial charge >= 0.3 is 0 Å². The van der Waals surface area contributed by atoms with E-state index < -0.39 is 0 Å². The third-order valence-corrected chi connectivity index (χ3v) is 5.50. The molecule has 1 aliphatic heterocycles. The molecule has 142 valence electrons. The summed E-state index contributed by atoms with van der Waals surface area (Å²) in [7, 11) is 0. The third-order valence-electron chi connectivity index (χ3n) is 5.50. The molecule has 1 aromatic carbocycles. The third kappa shape index (κ3) is 4.13. The van der Waals surface area contributed by atoms with Crippen LogP contribution in [0.2, 0.25) is 0 Å². The first-order valence-electron chi connectivity index (χ1n) is 9.24. The molecule has 1 aromatic heterocycles. The van der Waals surface area contributed by atoms with Gasteiger partial charge in [-0.15, -0.1) is 12.4 Å². The lowest BCUT2D eigenvalue weighted by atomic mass is 9.95. The van der Waals surface area contributed by atoms with Gasteiger partial charge in [-0.2, -0.15) is 0 Å². The van der Waals surface area contributed by atoms with E-state index >= 15 is 0 Å². The molecule has 1 saturated heterocycles. The zero-order chi connectivity index (χ0) is 18.0. The molecule has 4 nitrogen and oxygen atoms in total. The van der Waals surface area contributed by atoms with E-state index in [0.717, 1.165) is 36.5 Å². The summed E-state index contributed by atoms with van der Waals surface area (Å²) in [6.45, 7) is 10.4. The molecule has 0 radical (unpaired) electrons. The molecule has 2 heterocycles. The number of halogens is 1. The Kier molecular flexibility index (Phi) is 6.90. The molecule has 0 aliphatic carbocycles. The minimum absolute atomic E-state index is 0. The van der Waals surface area contributed by atoms with Gasteiger partial charge in [-0.05, 0) is 57.8 Å². The van der Waals surface area contributed by atoms with E-state index in [1.54, 1.807) is 0 Å². The largest absolute Gasteiger partial charge is 0.349 e. The number of aromatic nitrogens is 1. The van der Waals surface area contributed by atoms with E-state index in [4.69, 9.17) is 0 Å². The Balaban J connectivity index is 0.00000243. The molecule has 2 aromatic rings. The Morgan fingerprint density at radius 2 is 1.96 bits per heavy atom. The topological polar surface area (TPSA) is 46.1 Å². The van der Waals surface area contributed by atoms with Crippen molar-refractivity contribution < 1.29 is 4.79 Å². The number of aryl methyl sites for hydroxylation is 1. The standard InChI is InChI=1S/C21H29N3O.ClH/c1-14-13-22-11-10-20(14)23-21(25)19-12-15(2)24(17(19)4)16(3)18-8-6-5-7-9-18;/h5-9,12,14,16,20,22H,10-11,13H2,1-4H3,(H,23,25);1H. The summed E-state index contributed by atoms with van der Waals surface area (Å²) in [5.74, 6) is 0.516. The van der Waals surface area contributed by atoms with Crippen molar-refractivity contribution in [3.05, 3.63) is 58.9 Å². The average molecular weight is 376 g/mol. The second kappa shape index (κ2) is 8.74. The van der Waals surface area contributed by atoms with Crippen molar-refractivity contribution >= 4 is 18.3 Å². The summed E-state index contributed by atoms with van der Waals surface area (Å²) in [6, 6.07) is 12.9. The van der Waals surface area contributed by atoms with Crippen LogP contribution in [-0.2, 0) is 0 Å². The number of nitrogens with one attached hydrogen (secondary N) is 2. The highest BCUT2D eigenvalue weighted by molar-refractivity contribution is 5.96. The summed E-state index contributed by atoms with van der Waals surface area (Å²) >= 11 is 0. The molecule has 2 N–H and O–H groups in total. The number of carbonyl (C=O) groups excluding carboxylic acids is 1. The van der Waals surface area contributed by atoms with Crippen LogP contribution in [0.4, 0.5) is 0 Å². The molecule has 3 atom stereocenters. The first-order valence-corrected chi connectivity index (χ1v) is 9.24. The van der Waals surface area contributed by atoms with Gasteiger partial charge < -0.3 is 15.2 Å². The van der Waals surface area contributed by atoms with Crippen LogP contribution in [0.5, 0.6) is 0 Å². The molecule has 26 heavy (non-hydrogen) atoms. The smallest absolute Gasteiger partial charge is 0.253 e. The van der Waals surface area contributed by atoms with Crippen LogP contribution >= 0.6 is 12.4 Å². The maximum Gasteiger partial charge on any atom is 0.253 e. The lowest BCUT2D eigenvalue weighted by Crippen LogP contribution is -2.48. The fourth-order valence-corrected chi connectivity index (χ4v) is 3.96. The van der Waals surface area contributed by atoms with Crippen LogP contribution in [-0.4, -0.2) is 29.6 Å². The normalized spacial score (nSPS) is 20.9. The van der Waals surface area contributed by atoms with Gasteiger partial charge in [-0.3, -0.25) is 4.79 Å². The van der Waals surface area contributed by atoms with Gasteiger partial charge in [0.05, 0.1) is 11.6 Å². The predicted octanol–water partition coefficient (Wildman–Crippen LogP) is 3.86. The highest BCUT2D eigenvalue weighted by atomic mass is 35.5. The number of piperidine rings is 1. The number of amides is 1. The summed E-state index contributed by atoms with van der Waals surface area (Å²) in [4.78, 5) is 12.9. The molecule has 3 rings (SSSR count). The second-order valence-electron chi connectivity index (χ2n) is 7.29. The first kappa shape index (κ1) is 20.5. The highest BCUT2D eigenvalue weighted by Gasteiger charge is 2.25. The van der Waals surface area contributed by atoms with Crippen LogP contribution in [0.15, 0.2) is 36.4 Å². The Labute approximate surface area is 162 Å². The fourth-order valence-electron chi connectivity index (χ4n) is 3.96. The monoisotopic (exact) mass is 375 g/mol. The van der Waals surface area contributed by atoms with Crippen LogP contribution in [0.1, 0.15) is 53.6 Å². The van der Waals surface area contributed by atoms with Gasteiger partial charge in [-0.1, -0.05) is 37.3 Å². The van der Waals surface area contributed by atoms with Gasteiger partial charge in [-0.25, -0.2) is 0 Å². The molecule has 1 amide bonds. The molecular weight excluding hydrogens is 346 g/mol. The van der Waals surface area contributed by atoms with E-state index in [-0.39, 0.29) is 30.4 Å². The lowest BCUT2D eigenvalue weighted by molar-refractivity contribution is 0.0913. The van der Waals surface area contributed by atoms with Crippen molar-refractivity contribution in [2.75, 3.05) is 13.1 Å². The molecule has 5 heteroatoms. The molecule has 0 spiro atoms. The maximum atomic E-state index is 12.9. The molecule has 1 aliphatic rings. The molecule has 0 bridgehead atoms. The Morgan fingerprint density at radius 1 is 1.27 bits per heavy atom. The summed E-state index contributed by atoms with van der Waals surface area (Å²) in [6.07, 6.45) is 0.992. The number of rotatable bonds is 4.